The van der Waals surface area contributed by atoms with Gasteiger partial charge in [0, 0.05) is 6.20 Å². The molecule has 0 aliphatic carbocycles. The number of aryl methyl sites for hydroxylation is 1. The summed E-state index contributed by atoms with van der Waals surface area (Å²) in [6, 6.07) is 8.00. The molecule has 3 rings (SSSR count). The van der Waals surface area contributed by atoms with E-state index in [1.807, 2.05) is 31.2 Å². The largest absolute Gasteiger partial charge is 0.396 e. The van der Waals surface area contributed by atoms with Gasteiger partial charge in [-0.2, -0.15) is 9.78 Å². The molecule has 0 saturated heterocycles. The normalized spacial score (nSPS) is 10.8. The molecule has 0 bridgehead atoms. The maximum atomic E-state index is 5.63. The van der Waals surface area contributed by atoms with Crippen LogP contribution in [0, 0.1) is 6.92 Å². The van der Waals surface area contributed by atoms with Gasteiger partial charge in [0.05, 0.1) is 17.6 Å². The Morgan fingerprint density at radius 2 is 2.00 bits per heavy atom. The van der Waals surface area contributed by atoms with Crippen molar-refractivity contribution >= 4 is 5.69 Å². The third-order valence-electron chi connectivity index (χ3n) is 2.77. The smallest absolute Gasteiger partial charge is 0.178 e. The molecule has 0 aliphatic heterocycles. The van der Waals surface area contributed by atoms with Gasteiger partial charge in [0.2, 0.25) is 0 Å². The highest BCUT2D eigenvalue weighted by atomic mass is 15.5. The molecular weight excluding hydrogens is 242 g/mol. The summed E-state index contributed by atoms with van der Waals surface area (Å²) in [5.41, 5.74) is 8.37. The summed E-state index contributed by atoms with van der Waals surface area (Å²) in [7, 11) is 0. The van der Waals surface area contributed by atoms with Crippen LogP contribution < -0.4 is 5.73 Å². The Morgan fingerprint density at radius 1 is 1.21 bits per heavy atom. The third-order valence-corrected chi connectivity index (χ3v) is 2.77. The Morgan fingerprint density at radius 3 is 2.68 bits per heavy atom. The number of aromatic nitrogens is 6. The van der Waals surface area contributed by atoms with Crippen LogP contribution in [0.3, 0.4) is 0 Å². The highest BCUT2D eigenvalue weighted by molar-refractivity contribution is 5.34. The van der Waals surface area contributed by atoms with E-state index in [0.717, 1.165) is 5.69 Å². The highest BCUT2D eigenvalue weighted by Crippen LogP contribution is 2.10. The molecule has 0 radical (unpaired) electrons. The summed E-state index contributed by atoms with van der Waals surface area (Å²) < 4.78 is 3.39. The second-order valence-electron chi connectivity index (χ2n) is 4.31. The molecule has 2 N–H and O–H groups in total. The minimum absolute atomic E-state index is 0.470. The summed E-state index contributed by atoms with van der Waals surface area (Å²) in [5, 5.41) is 15.9. The maximum Gasteiger partial charge on any atom is 0.178 e. The zero-order valence-electron chi connectivity index (χ0n) is 10.4. The maximum absolute atomic E-state index is 5.63. The molecule has 0 spiro atoms. The van der Waals surface area contributed by atoms with Crippen molar-refractivity contribution in [2.75, 3.05) is 5.73 Å². The van der Waals surface area contributed by atoms with E-state index < -0.39 is 0 Å². The number of nitrogens with two attached hydrogens (primary N) is 1. The van der Waals surface area contributed by atoms with Crippen LogP contribution >= 0.6 is 0 Å². The van der Waals surface area contributed by atoms with Gasteiger partial charge in [0.15, 0.2) is 5.82 Å². The summed E-state index contributed by atoms with van der Waals surface area (Å²) in [5.74, 6) is 0.701. The average Bonchev–Trinajstić information content (AvgIpc) is 3.00. The first-order valence-corrected chi connectivity index (χ1v) is 5.84. The minimum atomic E-state index is 0.470. The van der Waals surface area contributed by atoms with Crippen LogP contribution in [-0.2, 0) is 6.54 Å². The Balaban J connectivity index is 1.92. The fraction of sp³-hybridized carbons (Fsp3) is 0.167. The van der Waals surface area contributed by atoms with Gasteiger partial charge in [0.1, 0.15) is 6.54 Å². The van der Waals surface area contributed by atoms with E-state index in [1.165, 1.54) is 5.56 Å². The Hall–Kier alpha value is -2.70. The topological polar surface area (TPSA) is 87.4 Å². The lowest BCUT2D eigenvalue weighted by Crippen LogP contribution is -2.09. The standard InChI is InChI=1S/C12H13N7/c1-9-2-4-11(5-3-9)19-12(15-16-17-19)8-18-7-10(13)6-14-18/h2-7H,8,13H2,1H3. The SMILES string of the molecule is Cc1ccc(-n2nnnc2Cn2cc(N)cn2)cc1. The first-order valence-electron chi connectivity index (χ1n) is 5.84. The van der Waals surface area contributed by atoms with Crippen molar-refractivity contribution < 1.29 is 0 Å². The third kappa shape index (κ3) is 2.30. The van der Waals surface area contributed by atoms with Crippen molar-refractivity contribution in [1.29, 1.82) is 0 Å². The molecule has 0 fully saturated rings. The number of hydrogen-bond donors (Lipinski definition) is 1. The number of benzene rings is 1. The molecular formula is C12H13N7. The molecule has 7 nitrogen and oxygen atoms in total. The molecule has 0 aliphatic rings. The van der Waals surface area contributed by atoms with Crippen LogP contribution in [0.4, 0.5) is 5.69 Å². The Kier molecular flexibility index (Phi) is 2.71. The number of nitrogens with zero attached hydrogens (tertiary/aromatic N) is 6. The zero-order chi connectivity index (χ0) is 13.2. The predicted molar refractivity (Wildman–Crippen MR) is 69.6 cm³/mol. The lowest BCUT2D eigenvalue weighted by molar-refractivity contribution is 0.634. The van der Waals surface area contributed by atoms with Crippen LogP contribution in [0.2, 0.25) is 0 Å². The molecule has 2 heterocycles. The zero-order valence-corrected chi connectivity index (χ0v) is 10.4. The number of tetrazole rings is 1. The van der Waals surface area contributed by atoms with E-state index in [-0.39, 0.29) is 0 Å². The summed E-state index contributed by atoms with van der Waals surface area (Å²) in [4.78, 5) is 0. The molecule has 3 aromatic rings. The summed E-state index contributed by atoms with van der Waals surface area (Å²) in [6.07, 6.45) is 3.34. The van der Waals surface area contributed by atoms with Crippen molar-refractivity contribution in [2.45, 2.75) is 13.5 Å². The van der Waals surface area contributed by atoms with Crippen LogP contribution in [0.1, 0.15) is 11.4 Å². The lowest BCUT2D eigenvalue weighted by Gasteiger charge is -2.04. The predicted octanol–water partition coefficient (Wildman–Crippen LogP) is 0.798. The summed E-state index contributed by atoms with van der Waals surface area (Å²) in [6.45, 7) is 2.51. The Labute approximate surface area is 109 Å². The molecule has 2 aromatic heterocycles. The monoisotopic (exact) mass is 255 g/mol. The van der Waals surface area contributed by atoms with E-state index in [1.54, 1.807) is 21.8 Å². The van der Waals surface area contributed by atoms with Gasteiger partial charge in [-0.3, -0.25) is 4.68 Å². The van der Waals surface area contributed by atoms with Gasteiger partial charge in [-0.15, -0.1) is 5.10 Å². The average molecular weight is 255 g/mol. The number of nitrogen functional groups attached to an aromatic ring is 1. The van der Waals surface area contributed by atoms with E-state index in [2.05, 4.69) is 20.6 Å². The fourth-order valence-electron chi connectivity index (χ4n) is 1.80. The molecule has 0 amide bonds. The number of anilines is 1. The highest BCUT2D eigenvalue weighted by Gasteiger charge is 2.09. The quantitative estimate of drug-likeness (QED) is 0.747. The van der Waals surface area contributed by atoms with E-state index in [9.17, 15) is 0 Å². The van der Waals surface area contributed by atoms with Gasteiger partial charge >= 0.3 is 0 Å². The van der Waals surface area contributed by atoms with Gasteiger partial charge in [-0.1, -0.05) is 17.7 Å². The van der Waals surface area contributed by atoms with Gasteiger partial charge in [0.25, 0.3) is 0 Å². The molecule has 7 heteroatoms. The molecule has 0 unspecified atom stereocenters. The summed E-state index contributed by atoms with van der Waals surface area (Å²) >= 11 is 0. The lowest BCUT2D eigenvalue weighted by atomic mass is 10.2. The first-order chi connectivity index (χ1) is 9.22. The van der Waals surface area contributed by atoms with Crippen LogP contribution in [0.15, 0.2) is 36.7 Å². The molecule has 19 heavy (non-hydrogen) atoms. The number of rotatable bonds is 3. The first kappa shape index (κ1) is 11.4. The van der Waals surface area contributed by atoms with Crippen LogP contribution in [-0.4, -0.2) is 30.0 Å². The molecule has 0 atom stereocenters. The van der Waals surface area contributed by atoms with Crippen molar-refractivity contribution in [3.8, 4) is 5.69 Å². The van der Waals surface area contributed by atoms with Crippen molar-refractivity contribution in [3.63, 3.8) is 0 Å². The van der Waals surface area contributed by atoms with Crippen molar-refractivity contribution in [2.24, 2.45) is 0 Å². The van der Waals surface area contributed by atoms with Gasteiger partial charge in [-0.25, -0.2) is 0 Å². The van der Waals surface area contributed by atoms with Gasteiger partial charge < -0.3 is 5.73 Å². The molecule has 0 saturated carbocycles. The van der Waals surface area contributed by atoms with Crippen molar-refractivity contribution in [3.05, 3.63) is 48.0 Å². The Bertz CT molecular complexity index is 680. The second-order valence-corrected chi connectivity index (χ2v) is 4.31. The van der Waals surface area contributed by atoms with Crippen LogP contribution in [0.5, 0.6) is 0 Å². The van der Waals surface area contributed by atoms with E-state index >= 15 is 0 Å². The fourth-order valence-corrected chi connectivity index (χ4v) is 1.80. The minimum Gasteiger partial charge on any atom is -0.396 e. The van der Waals surface area contributed by atoms with E-state index in [4.69, 9.17) is 5.73 Å². The number of hydrogen-bond acceptors (Lipinski definition) is 5. The molecule has 1 aromatic carbocycles. The second kappa shape index (κ2) is 4.52. The molecule has 96 valence electrons. The van der Waals surface area contributed by atoms with E-state index in [0.29, 0.717) is 18.1 Å². The van der Waals surface area contributed by atoms with Gasteiger partial charge in [-0.05, 0) is 29.5 Å². The van der Waals surface area contributed by atoms with Crippen molar-refractivity contribution in [1.82, 2.24) is 30.0 Å². The van der Waals surface area contributed by atoms with Crippen LogP contribution in [0.25, 0.3) is 5.69 Å².